The largest absolute Gasteiger partial charge is 0.439 e. The highest BCUT2D eigenvalue weighted by Crippen LogP contribution is 2.37. The summed E-state index contributed by atoms with van der Waals surface area (Å²) >= 11 is 0. The van der Waals surface area contributed by atoms with Crippen LogP contribution in [0.15, 0.2) is 65.8 Å². The Balaban J connectivity index is 1.59. The second-order valence-electron chi connectivity index (χ2n) is 11.2. The lowest BCUT2D eigenvalue weighted by Gasteiger charge is -2.33. The van der Waals surface area contributed by atoms with Gasteiger partial charge in [-0.05, 0) is 55.9 Å². The zero-order valence-corrected chi connectivity index (χ0v) is 23.0. The molecule has 0 aliphatic carbocycles. The summed E-state index contributed by atoms with van der Waals surface area (Å²) in [5.41, 5.74) is 0.761. The molecule has 0 radical (unpaired) electrons. The van der Waals surface area contributed by atoms with Crippen LogP contribution in [0.2, 0.25) is 0 Å². The van der Waals surface area contributed by atoms with Crippen LogP contribution in [0.3, 0.4) is 0 Å². The molecule has 1 aromatic carbocycles. The van der Waals surface area contributed by atoms with Crippen molar-refractivity contribution in [2.75, 3.05) is 11.4 Å². The van der Waals surface area contributed by atoms with Gasteiger partial charge in [0.25, 0.3) is 15.9 Å². The molecule has 1 N–H and O–H groups in total. The first-order valence-electron chi connectivity index (χ1n) is 12.3. The summed E-state index contributed by atoms with van der Waals surface area (Å²) in [6, 6.07) is 15.2. The molecule has 2 aromatic heterocycles. The molecule has 8 nitrogen and oxygen atoms in total. The second kappa shape index (κ2) is 9.78. The molecule has 1 saturated heterocycles. The minimum absolute atomic E-state index is 0.113. The van der Waals surface area contributed by atoms with E-state index in [4.69, 9.17) is 4.74 Å². The molecule has 9 heteroatoms. The normalized spacial score (nSPS) is 17.5. The van der Waals surface area contributed by atoms with Crippen LogP contribution in [0.4, 0.5) is 5.82 Å². The van der Waals surface area contributed by atoms with Crippen LogP contribution in [0, 0.1) is 5.92 Å². The van der Waals surface area contributed by atoms with E-state index in [1.54, 1.807) is 24.4 Å². The molecule has 37 heavy (non-hydrogen) atoms. The number of hydrogen-bond acceptors (Lipinski definition) is 7. The van der Waals surface area contributed by atoms with Crippen LogP contribution < -0.4 is 14.4 Å². The molecule has 1 fully saturated rings. The van der Waals surface area contributed by atoms with E-state index >= 15 is 0 Å². The topological polar surface area (TPSA) is 101 Å². The van der Waals surface area contributed by atoms with Crippen molar-refractivity contribution in [3.8, 4) is 11.6 Å². The van der Waals surface area contributed by atoms with E-state index in [1.807, 2.05) is 24.3 Å². The summed E-state index contributed by atoms with van der Waals surface area (Å²) in [7, 11) is -4.28. The lowest BCUT2D eigenvalue weighted by atomic mass is 9.86. The van der Waals surface area contributed by atoms with E-state index in [-0.39, 0.29) is 27.4 Å². The summed E-state index contributed by atoms with van der Waals surface area (Å²) in [6.07, 6.45) is 2.55. The zero-order chi connectivity index (χ0) is 27.0. The predicted octanol–water partition coefficient (Wildman–Crippen LogP) is 5.31. The van der Waals surface area contributed by atoms with Gasteiger partial charge in [0.15, 0.2) is 5.03 Å². The fourth-order valence-electron chi connectivity index (χ4n) is 4.87. The molecule has 1 aliphatic heterocycles. The quantitative estimate of drug-likeness (QED) is 0.468. The number of carbonyl (C=O) groups excluding carboxylic acids is 1. The molecular formula is C28H34N4O4S. The first-order chi connectivity index (χ1) is 17.3. The first kappa shape index (κ1) is 26.6. The van der Waals surface area contributed by atoms with E-state index in [9.17, 15) is 13.2 Å². The van der Waals surface area contributed by atoms with Crippen LogP contribution in [-0.4, -0.2) is 36.4 Å². The molecule has 1 unspecified atom stereocenters. The molecule has 0 spiro atoms. The number of sulfonamides is 1. The summed E-state index contributed by atoms with van der Waals surface area (Å²) in [4.78, 5) is 23.9. The summed E-state index contributed by atoms with van der Waals surface area (Å²) in [5.74, 6) is 0.829. The Morgan fingerprint density at radius 3 is 2.49 bits per heavy atom. The van der Waals surface area contributed by atoms with Crippen LogP contribution in [0.1, 0.15) is 63.9 Å². The number of ether oxygens (including phenoxy) is 1. The number of anilines is 1. The summed E-state index contributed by atoms with van der Waals surface area (Å²) < 4.78 is 34.5. The van der Waals surface area contributed by atoms with Gasteiger partial charge in [0.1, 0.15) is 11.6 Å². The Morgan fingerprint density at radius 2 is 1.81 bits per heavy atom. The average molecular weight is 523 g/mol. The lowest BCUT2D eigenvalue weighted by molar-refractivity contribution is 0.0981. The number of carbonyl (C=O) groups is 1. The van der Waals surface area contributed by atoms with Crippen molar-refractivity contribution in [2.24, 2.45) is 5.92 Å². The van der Waals surface area contributed by atoms with Gasteiger partial charge in [0.2, 0.25) is 5.88 Å². The van der Waals surface area contributed by atoms with Crippen molar-refractivity contribution in [1.82, 2.24) is 14.7 Å². The molecule has 3 aromatic rings. The zero-order valence-electron chi connectivity index (χ0n) is 22.1. The minimum atomic E-state index is -4.28. The number of amides is 1. The molecule has 196 valence electrons. The standard InChI is InChI=1S/C28H34N4O4S/c1-19-17-28(5,6)32(18-19)25-20(11-10-16-29-25)26(33)31-37(34,35)24-15-9-14-23(30-24)36-22-13-8-7-12-21(22)27(2,3)4/h7-16,19H,17-18H2,1-6H3,(H,31,33). The van der Waals surface area contributed by atoms with Crippen LogP contribution in [0.5, 0.6) is 11.6 Å². The van der Waals surface area contributed by atoms with E-state index in [0.717, 1.165) is 18.5 Å². The number of benzene rings is 1. The van der Waals surface area contributed by atoms with Gasteiger partial charge < -0.3 is 9.64 Å². The second-order valence-corrected chi connectivity index (χ2v) is 12.8. The maximum atomic E-state index is 13.2. The molecule has 1 atom stereocenters. The van der Waals surface area contributed by atoms with Gasteiger partial charge >= 0.3 is 0 Å². The van der Waals surface area contributed by atoms with Gasteiger partial charge in [-0.1, -0.05) is 52.0 Å². The Hall–Kier alpha value is -3.46. The highest BCUT2D eigenvalue weighted by molar-refractivity contribution is 7.90. The summed E-state index contributed by atoms with van der Waals surface area (Å²) in [5, 5.41) is -0.313. The Kier molecular flexibility index (Phi) is 7.03. The molecular weight excluding hydrogens is 488 g/mol. The van der Waals surface area contributed by atoms with Gasteiger partial charge in [-0.3, -0.25) is 4.79 Å². The Bertz CT molecular complexity index is 1410. The average Bonchev–Trinajstić information content (AvgIpc) is 3.10. The van der Waals surface area contributed by atoms with Gasteiger partial charge in [0, 0.05) is 29.9 Å². The number of para-hydroxylation sites is 1. The van der Waals surface area contributed by atoms with Gasteiger partial charge in [-0.2, -0.15) is 13.4 Å². The third-order valence-corrected chi connectivity index (χ3v) is 7.70. The van der Waals surface area contributed by atoms with Crippen LogP contribution in [-0.2, 0) is 15.4 Å². The Labute approximate surface area is 219 Å². The third-order valence-electron chi connectivity index (χ3n) is 6.47. The van der Waals surface area contributed by atoms with Crippen molar-refractivity contribution in [3.63, 3.8) is 0 Å². The first-order valence-corrected chi connectivity index (χ1v) is 13.8. The number of nitrogens with zero attached hydrogens (tertiary/aromatic N) is 3. The van der Waals surface area contributed by atoms with Crippen molar-refractivity contribution in [1.29, 1.82) is 0 Å². The van der Waals surface area contributed by atoms with E-state index in [2.05, 4.69) is 61.1 Å². The van der Waals surface area contributed by atoms with Crippen molar-refractivity contribution in [3.05, 3.63) is 71.9 Å². The third kappa shape index (κ3) is 5.77. The molecule has 1 amide bonds. The number of rotatable bonds is 6. The van der Waals surface area contributed by atoms with E-state index in [0.29, 0.717) is 17.5 Å². The number of hydrogen-bond donors (Lipinski definition) is 1. The smallest absolute Gasteiger partial charge is 0.281 e. The molecule has 4 rings (SSSR count). The van der Waals surface area contributed by atoms with Crippen molar-refractivity contribution in [2.45, 2.75) is 63.9 Å². The van der Waals surface area contributed by atoms with Gasteiger partial charge in [-0.25, -0.2) is 9.71 Å². The van der Waals surface area contributed by atoms with Crippen LogP contribution in [0.25, 0.3) is 0 Å². The molecule has 3 heterocycles. The Morgan fingerprint density at radius 1 is 1.08 bits per heavy atom. The number of pyridine rings is 2. The highest BCUT2D eigenvalue weighted by Gasteiger charge is 2.39. The van der Waals surface area contributed by atoms with Crippen molar-refractivity contribution >= 4 is 21.7 Å². The maximum Gasteiger partial charge on any atom is 0.281 e. The fraction of sp³-hybridized carbons (Fsp3) is 0.393. The fourth-order valence-corrected chi connectivity index (χ4v) is 5.79. The van der Waals surface area contributed by atoms with Gasteiger partial charge in [-0.15, -0.1) is 0 Å². The van der Waals surface area contributed by atoms with Gasteiger partial charge in [0.05, 0.1) is 5.56 Å². The monoisotopic (exact) mass is 522 g/mol. The SMILES string of the molecule is CC1CN(c2ncccc2C(=O)NS(=O)(=O)c2cccc(Oc3ccccc3C(C)(C)C)n2)C(C)(C)C1. The molecule has 1 aliphatic rings. The lowest BCUT2D eigenvalue weighted by Crippen LogP contribution is -2.41. The van der Waals surface area contributed by atoms with E-state index < -0.39 is 15.9 Å². The highest BCUT2D eigenvalue weighted by atomic mass is 32.2. The molecule has 0 saturated carbocycles. The van der Waals surface area contributed by atoms with E-state index in [1.165, 1.54) is 12.1 Å². The maximum absolute atomic E-state index is 13.2. The number of nitrogens with one attached hydrogen (secondary N) is 1. The minimum Gasteiger partial charge on any atom is -0.439 e. The van der Waals surface area contributed by atoms with Crippen molar-refractivity contribution < 1.29 is 17.9 Å². The predicted molar refractivity (Wildman–Crippen MR) is 144 cm³/mol. The van der Waals surface area contributed by atoms with Crippen LogP contribution >= 0.6 is 0 Å². The molecule has 0 bridgehead atoms. The summed E-state index contributed by atoms with van der Waals surface area (Å²) in [6.45, 7) is 13.3. The number of aromatic nitrogens is 2.